The second-order valence-corrected chi connectivity index (χ2v) is 8.67. The van der Waals surface area contributed by atoms with Crippen LogP contribution in [-0.4, -0.2) is 58.6 Å². The minimum Gasteiger partial charge on any atom is -0.326 e. The third-order valence-electron chi connectivity index (χ3n) is 4.88. The molecule has 7 nitrogen and oxygen atoms in total. The normalized spacial score (nSPS) is 29.7. The van der Waals surface area contributed by atoms with E-state index < -0.39 is 9.84 Å². The molecule has 2 fully saturated rings. The second kappa shape index (κ2) is 5.40. The van der Waals surface area contributed by atoms with Crippen LogP contribution < -0.4 is 5.73 Å². The van der Waals surface area contributed by atoms with Gasteiger partial charge in [0.05, 0.1) is 22.9 Å². The number of pyridine rings is 1. The lowest BCUT2D eigenvalue weighted by molar-refractivity contribution is 0.308. The second-order valence-electron chi connectivity index (χ2n) is 6.40. The lowest BCUT2D eigenvalue weighted by atomic mass is 10.0. The molecular weight excluding hydrogens is 314 g/mol. The van der Waals surface area contributed by atoms with E-state index in [1.54, 1.807) is 18.6 Å². The van der Waals surface area contributed by atoms with E-state index in [-0.39, 0.29) is 23.0 Å². The van der Waals surface area contributed by atoms with Crippen LogP contribution in [0.3, 0.4) is 0 Å². The molecule has 2 aliphatic rings. The monoisotopic (exact) mass is 333 g/mol. The Morgan fingerprint density at radius 1 is 1.35 bits per heavy atom. The molecular formula is C15H19N5O2S. The van der Waals surface area contributed by atoms with Crippen LogP contribution in [0.5, 0.6) is 0 Å². The number of nitrogens with two attached hydrogens (primary N) is 1. The molecule has 0 aliphatic carbocycles. The number of nitrogens with zero attached hydrogens (tertiary/aromatic N) is 3. The first kappa shape index (κ1) is 14.8. The number of nitrogens with one attached hydrogen (secondary N) is 1. The molecule has 0 aromatic carbocycles. The molecule has 2 aliphatic heterocycles. The van der Waals surface area contributed by atoms with Crippen molar-refractivity contribution in [1.82, 2.24) is 20.1 Å². The van der Waals surface area contributed by atoms with Crippen molar-refractivity contribution in [3.05, 3.63) is 36.3 Å². The molecule has 4 heterocycles. The SMILES string of the molecule is N[C@@H]1CS(=O)(=O)[C@H]2CN(Cc3cn[nH]c3-c3cccnc3)C[C@@H]12. The number of rotatable bonds is 3. The number of aromatic nitrogens is 3. The molecule has 0 amide bonds. The lowest BCUT2D eigenvalue weighted by Gasteiger charge is -2.18. The van der Waals surface area contributed by atoms with Crippen LogP contribution in [0.2, 0.25) is 0 Å². The molecule has 3 N–H and O–H groups in total. The average Bonchev–Trinajstić information content (AvgIpc) is 3.19. The van der Waals surface area contributed by atoms with Gasteiger partial charge in [-0.05, 0) is 12.1 Å². The summed E-state index contributed by atoms with van der Waals surface area (Å²) in [6, 6.07) is 3.62. The van der Waals surface area contributed by atoms with E-state index in [2.05, 4.69) is 20.1 Å². The van der Waals surface area contributed by atoms with Gasteiger partial charge in [0.25, 0.3) is 0 Å². The van der Waals surface area contributed by atoms with Crippen molar-refractivity contribution in [3.63, 3.8) is 0 Å². The van der Waals surface area contributed by atoms with Crippen LogP contribution in [0.1, 0.15) is 5.56 Å². The number of aromatic amines is 1. The van der Waals surface area contributed by atoms with E-state index in [9.17, 15) is 8.42 Å². The van der Waals surface area contributed by atoms with Gasteiger partial charge in [-0.15, -0.1) is 0 Å². The maximum atomic E-state index is 12.2. The van der Waals surface area contributed by atoms with Crippen molar-refractivity contribution in [2.24, 2.45) is 11.7 Å². The maximum absolute atomic E-state index is 12.2. The molecule has 4 rings (SSSR count). The summed E-state index contributed by atoms with van der Waals surface area (Å²) in [5.41, 5.74) is 8.97. The molecule has 3 atom stereocenters. The summed E-state index contributed by atoms with van der Waals surface area (Å²) in [5.74, 6) is 0.178. The molecule has 8 heteroatoms. The third-order valence-corrected chi connectivity index (χ3v) is 7.15. The number of fused-ring (bicyclic) bond motifs is 1. The summed E-state index contributed by atoms with van der Waals surface area (Å²) in [6.45, 7) is 1.94. The van der Waals surface area contributed by atoms with Crippen LogP contribution in [0.4, 0.5) is 0 Å². The zero-order chi connectivity index (χ0) is 16.0. The Balaban J connectivity index is 1.54. The molecule has 23 heavy (non-hydrogen) atoms. The Morgan fingerprint density at radius 2 is 2.22 bits per heavy atom. The van der Waals surface area contributed by atoms with E-state index in [1.807, 2.05) is 12.1 Å². The van der Waals surface area contributed by atoms with E-state index in [1.165, 1.54) is 0 Å². The van der Waals surface area contributed by atoms with Crippen LogP contribution in [0, 0.1) is 5.92 Å². The van der Waals surface area contributed by atoms with Gasteiger partial charge in [-0.25, -0.2) is 8.42 Å². The quantitative estimate of drug-likeness (QED) is 0.821. The van der Waals surface area contributed by atoms with Crippen LogP contribution >= 0.6 is 0 Å². The van der Waals surface area contributed by atoms with E-state index >= 15 is 0 Å². The Bertz CT molecular complexity index is 804. The largest absolute Gasteiger partial charge is 0.326 e. The molecule has 2 aromatic rings. The molecule has 0 unspecified atom stereocenters. The lowest BCUT2D eigenvalue weighted by Crippen LogP contribution is -2.33. The summed E-state index contributed by atoms with van der Waals surface area (Å²) < 4.78 is 24.3. The summed E-state index contributed by atoms with van der Waals surface area (Å²) in [4.78, 5) is 6.30. The van der Waals surface area contributed by atoms with Gasteiger partial charge in [-0.3, -0.25) is 15.0 Å². The smallest absolute Gasteiger partial charge is 0.156 e. The third kappa shape index (κ3) is 2.56. The number of hydrogen-bond donors (Lipinski definition) is 2. The van der Waals surface area contributed by atoms with Crippen LogP contribution in [0.15, 0.2) is 30.7 Å². The highest BCUT2D eigenvalue weighted by molar-refractivity contribution is 7.92. The summed E-state index contributed by atoms with van der Waals surface area (Å²) in [5, 5.41) is 6.83. The molecule has 122 valence electrons. The van der Waals surface area contributed by atoms with E-state index in [0.29, 0.717) is 13.1 Å². The predicted octanol–water partition coefficient (Wildman–Crippen LogP) is 0.0278. The first-order valence-electron chi connectivity index (χ1n) is 7.67. The molecule has 2 saturated heterocycles. The zero-order valence-corrected chi connectivity index (χ0v) is 13.4. The topological polar surface area (TPSA) is 105 Å². The fourth-order valence-corrected chi connectivity index (χ4v) is 6.04. The first-order valence-corrected chi connectivity index (χ1v) is 9.38. The van der Waals surface area contributed by atoms with Crippen molar-refractivity contribution in [2.75, 3.05) is 18.8 Å². The summed E-state index contributed by atoms with van der Waals surface area (Å²) in [6.07, 6.45) is 5.31. The average molecular weight is 333 g/mol. The van der Waals surface area contributed by atoms with Gasteiger partial charge in [-0.1, -0.05) is 0 Å². The highest BCUT2D eigenvalue weighted by Crippen LogP contribution is 2.34. The van der Waals surface area contributed by atoms with Gasteiger partial charge < -0.3 is 5.73 Å². The van der Waals surface area contributed by atoms with E-state index in [4.69, 9.17) is 5.73 Å². The molecule has 0 spiro atoms. The van der Waals surface area contributed by atoms with Crippen molar-refractivity contribution in [1.29, 1.82) is 0 Å². The minimum atomic E-state index is -3.05. The molecule has 0 radical (unpaired) electrons. The first-order chi connectivity index (χ1) is 11.0. The zero-order valence-electron chi connectivity index (χ0n) is 12.6. The Kier molecular flexibility index (Phi) is 3.47. The van der Waals surface area contributed by atoms with Crippen molar-refractivity contribution in [2.45, 2.75) is 17.8 Å². The van der Waals surface area contributed by atoms with Crippen molar-refractivity contribution >= 4 is 9.84 Å². The molecule has 0 bridgehead atoms. The predicted molar refractivity (Wildman–Crippen MR) is 86.1 cm³/mol. The fourth-order valence-electron chi connectivity index (χ4n) is 3.75. The fraction of sp³-hybridized carbons (Fsp3) is 0.467. The highest BCUT2D eigenvalue weighted by Gasteiger charge is 2.50. The van der Waals surface area contributed by atoms with Gasteiger partial charge in [0.1, 0.15) is 0 Å². The van der Waals surface area contributed by atoms with Gasteiger partial charge >= 0.3 is 0 Å². The number of H-pyrrole nitrogens is 1. The maximum Gasteiger partial charge on any atom is 0.156 e. The molecule has 0 saturated carbocycles. The number of likely N-dealkylation sites (tertiary alicyclic amines) is 1. The van der Waals surface area contributed by atoms with E-state index in [0.717, 1.165) is 23.4 Å². The van der Waals surface area contributed by atoms with Gasteiger partial charge in [-0.2, -0.15) is 5.10 Å². The Hall–Kier alpha value is -1.77. The molecule has 2 aromatic heterocycles. The van der Waals surface area contributed by atoms with Crippen LogP contribution in [0.25, 0.3) is 11.3 Å². The number of sulfone groups is 1. The van der Waals surface area contributed by atoms with Crippen LogP contribution in [-0.2, 0) is 16.4 Å². The van der Waals surface area contributed by atoms with Gasteiger partial charge in [0, 0.05) is 55.1 Å². The Labute approximate surface area is 134 Å². The minimum absolute atomic E-state index is 0.0498. The highest BCUT2D eigenvalue weighted by atomic mass is 32.2. The number of hydrogen-bond acceptors (Lipinski definition) is 6. The van der Waals surface area contributed by atoms with Gasteiger partial charge in [0.15, 0.2) is 9.84 Å². The van der Waals surface area contributed by atoms with Crippen molar-refractivity contribution < 1.29 is 8.42 Å². The summed E-state index contributed by atoms with van der Waals surface area (Å²) >= 11 is 0. The Morgan fingerprint density at radius 3 is 2.96 bits per heavy atom. The standard InChI is InChI=1S/C15H19N5O2S/c16-13-9-23(21,22)14-8-20(7-12(13)14)6-11-5-18-19-15(11)10-2-1-3-17-4-10/h1-5,12-14H,6-9,16H2,(H,18,19)/t12-,13+,14-/m0/s1. The van der Waals surface area contributed by atoms with Crippen molar-refractivity contribution in [3.8, 4) is 11.3 Å². The summed E-state index contributed by atoms with van der Waals surface area (Å²) in [7, 11) is -3.05. The van der Waals surface area contributed by atoms with Gasteiger partial charge in [0.2, 0.25) is 0 Å².